The highest BCUT2D eigenvalue weighted by atomic mass is 16.5. The predicted octanol–water partition coefficient (Wildman–Crippen LogP) is 2.61. The van der Waals surface area contributed by atoms with Crippen molar-refractivity contribution in [2.75, 3.05) is 21.3 Å². The van der Waals surface area contributed by atoms with Gasteiger partial charge in [0.05, 0.1) is 38.4 Å². The number of fused-ring (bicyclic) bond motifs is 1. The Kier molecular flexibility index (Phi) is 4.88. The molecule has 0 bridgehead atoms. The molecule has 0 spiro atoms. The lowest BCUT2D eigenvalue weighted by Gasteiger charge is -2.13. The molecular weight excluding hydrogens is 334 g/mol. The summed E-state index contributed by atoms with van der Waals surface area (Å²) in [4.78, 5) is 17.1. The van der Waals surface area contributed by atoms with Crippen LogP contribution in [0.2, 0.25) is 0 Å². The predicted molar refractivity (Wildman–Crippen MR) is 99.8 cm³/mol. The first kappa shape index (κ1) is 17.5. The van der Waals surface area contributed by atoms with Crippen LogP contribution < -0.4 is 19.8 Å². The first-order valence-corrected chi connectivity index (χ1v) is 7.92. The third-order valence-electron chi connectivity index (χ3n) is 3.96. The summed E-state index contributed by atoms with van der Waals surface area (Å²) in [5, 5.41) is 4.81. The van der Waals surface area contributed by atoms with Crippen LogP contribution in [0, 0.1) is 6.92 Å². The van der Waals surface area contributed by atoms with Crippen molar-refractivity contribution in [3.63, 3.8) is 0 Å². The van der Waals surface area contributed by atoms with Crippen LogP contribution in [-0.4, -0.2) is 37.2 Å². The van der Waals surface area contributed by atoms with Gasteiger partial charge in [0.1, 0.15) is 5.82 Å². The van der Waals surface area contributed by atoms with E-state index >= 15 is 0 Å². The molecule has 7 nitrogen and oxygen atoms in total. The van der Waals surface area contributed by atoms with E-state index in [9.17, 15) is 4.79 Å². The molecule has 0 atom stereocenters. The van der Waals surface area contributed by atoms with Crippen LogP contribution in [0.4, 0.5) is 0 Å². The van der Waals surface area contributed by atoms with Gasteiger partial charge >= 0.3 is 0 Å². The summed E-state index contributed by atoms with van der Waals surface area (Å²) in [7, 11) is 4.61. The quantitative estimate of drug-likeness (QED) is 0.659. The Bertz CT molecular complexity index is 1040. The first-order valence-electron chi connectivity index (χ1n) is 7.92. The molecule has 3 aromatic rings. The van der Waals surface area contributed by atoms with Gasteiger partial charge in [0.25, 0.3) is 5.56 Å². The van der Waals surface area contributed by atoms with E-state index in [1.807, 2.05) is 6.07 Å². The fraction of sp³-hybridized carbons (Fsp3) is 0.211. The summed E-state index contributed by atoms with van der Waals surface area (Å²) < 4.78 is 17.3. The van der Waals surface area contributed by atoms with Crippen molar-refractivity contribution in [2.45, 2.75) is 6.92 Å². The van der Waals surface area contributed by atoms with E-state index in [1.54, 1.807) is 44.4 Å². The van der Waals surface area contributed by atoms with E-state index in [0.29, 0.717) is 39.5 Å². The molecular formula is C19H19N3O4. The van der Waals surface area contributed by atoms with Crippen LogP contribution in [0.5, 0.6) is 17.2 Å². The van der Waals surface area contributed by atoms with E-state index in [-0.39, 0.29) is 5.56 Å². The second-order valence-electron chi connectivity index (χ2n) is 5.46. The van der Waals surface area contributed by atoms with Gasteiger partial charge in [-0.25, -0.2) is 4.98 Å². The lowest BCUT2D eigenvalue weighted by Crippen LogP contribution is -2.20. The van der Waals surface area contributed by atoms with Crippen molar-refractivity contribution in [1.29, 1.82) is 0 Å². The lowest BCUT2D eigenvalue weighted by molar-refractivity contribution is 0.324. The third-order valence-corrected chi connectivity index (χ3v) is 3.96. The Morgan fingerprint density at radius 2 is 1.73 bits per heavy atom. The van der Waals surface area contributed by atoms with Crippen LogP contribution in [-0.2, 0) is 0 Å². The van der Waals surface area contributed by atoms with E-state index < -0.39 is 0 Å². The Morgan fingerprint density at radius 1 is 1.00 bits per heavy atom. The number of aryl methyl sites for hydroxylation is 1. The van der Waals surface area contributed by atoms with Gasteiger partial charge in [-0.1, -0.05) is 12.1 Å². The molecule has 0 amide bonds. The molecule has 0 unspecified atom stereocenters. The Labute approximate surface area is 150 Å². The number of aromatic nitrogens is 2. The van der Waals surface area contributed by atoms with Gasteiger partial charge in [0.2, 0.25) is 5.75 Å². The van der Waals surface area contributed by atoms with Crippen molar-refractivity contribution in [2.24, 2.45) is 5.10 Å². The first-order chi connectivity index (χ1) is 12.6. The normalized spacial score (nSPS) is 11.1. The van der Waals surface area contributed by atoms with Gasteiger partial charge in [-0.05, 0) is 31.2 Å². The van der Waals surface area contributed by atoms with Gasteiger partial charge in [-0.3, -0.25) is 4.79 Å². The molecule has 1 heterocycles. The summed E-state index contributed by atoms with van der Waals surface area (Å²) in [6, 6.07) is 10.7. The van der Waals surface area contributed by atoms with Crippen molar-refractivity contribution in [3.05, 3.63) is 58.1 Å². The summed E-state index contributed by atoms with van der Waals surface area (Å²) in [5.41, 5.74) is 1.05. The second kappa shape index (κ2) is 7.26. The number of ether oxygens (including phenoxy) is 3. The molecule has 0 radical (unpaired) electrons. The van der Waals surface area contributed by atoms with Crippen molar-refractivity contribution in [1.82, 2.24) is 9.66 Å². The Morgan fingerprint density at radius 3 is 2.42 bits per heavy atom. The topological polar surface area (TPSA) is 74.9 Å². The molecule has 3 rings (SSSR count). The van der Waals surface area contributed by atoms with E-state index in [2.05, 4.69) is 10.1 Å². The molecule has 134 valence electrons. The van der Waals surface area contributed by atoms with Crippen LogP contribution >= 0.6 is 0 Å². The minimum absolute atomic E-state index is 0.233. The molecule has 26 heavy (non-hydrogen) atoms. The zero-order valence-corrected chi connectivity index (χ0v) is 15.0. The van der Waals surface area contributed by atoms with Gasteiger partial charge in [-0.15, -0.1) is 0 Å². The van der Waals surface area contributed by atoms with Crippen LogP contribution in [0.3, 0.4) is 0 Å². The minimum Gasteiger partial charge on any atom is -0.493 e. The monoisotopic (exact) mass is 353 g/mol. The highest BCUT2D eigenvalue weighted by molar-refractivity contribution is 5.86. The number of methoxy groups -OCH3 is 3. The minimum atomic E-state index is -0.233. The molecule has 0 saturated carbocycles. The largest absolute Gasteiger partial charge is 0.493 e. The van der Waals surface area contributed by atoms with Crippen molar-refractivity contribution < 1.29 is 14.2 Å². The standard InChI is InChI=1S/C19H19N3O4/c1-12-21-15-8-6-5-7-14(15)19(23)22(12)20-11-13-9-10-16(24-2)18(26-4)17(13)25-3/h5-11H,1-4H3/b20-11-. The maximum Gasteiger partial charge on any atom is 0.282 e. The fourth-order valence-electron chi connectivity index (χ4n) is 2.72. The lowest BCUT2D eigenvalue weighted by atomic mass is 10.2. The SMILES string of the molecule is COc1ccc(/C=N\n2c(C)nc3ccccc3c2=O)c(OC)c1OC. The number of nitrogens with zero attached hydrogens (tertiary/aromatic N) is 3. The highest BCUT2D eigenvalue weighted by Crippen LogP contribution is 2.38. The summed E-state index contributed by atoms with van der Waals surface area (Å²) in [6.45, 7) is 1.73. The number of para-hydroxylation sites is 1. The van der Waals surface area contributed by atoms with Gasteiger partial charge in [0.15, 0.2) is 11.5 Å². The number of rotatable bonds is 5. The van der Waals surface area contributed by atoms with Gasteiger partial charge in [0, 0.05) is 5.56 Å². The maximum absolute atomic E-state index is 12.7. The van der Waals surface area contributed by atoms with Crippen molar-refractivity contribution in [3.8, 4) is 17.2 Å². The number of benzene rings is 2. The Hall–Kier alpha value is -3.35. The summed E-state index contributed by atoms with van der Waals surface area (Å²) in [5.74, 6) is 1.96. The average molecular weight is 353 g/mol. The molecule has 0 aliphatic heterocycles. The number of hydrogen-bond acceptors (Lipinski definition) is 6. The Balaban J connectivity index is 2.11. The molecule has 2 aromatic carbocycles. The van der Waals surface area contributed by atoms with Crippen LogP contribution in [0.25, 0.3) is 10.9 Å². The molecule has 7 heteroatoms. The molecule has 0 aliphatic carbocycles. The smallest absolute Gasteiger partial charge is 0.282 e. The fourth-order valence-corrected chi connectivity index (χ4v) is 2.72. The summed E-state index contributed by atoms with van der Waals surface area (Å²) >= 11 is 0. The van der Waals surface area contributed by atoms with Crippen LogP contribution in [0.15, 0.2) is 46.3 Å². The summed E-state index contributed by atoms with van der Waals surface area (Å²) in [6.07, 6.45) is 1.53. The van der Waals surface area contributed by atoms with E-state index in [4.69, 9.17) is 14.2 Å². The van der Waals surface area contributed by atoms with Crippen molar-refractivity contribution >= 4 is 17.1 Å². The third kappa shape index (κ3) is 2.99. The highest BCUT2D eigenvalue weighted by Gasteiger charge is 2.15. The average Bonchev–Trinajstić information content (AvgIpc) is 2.66. The van der Waals surface area contributed by atoms with E-state index in [1.165, 1.54) is 25.1 Å². The molecule has 0 aliphatic rings. The zero-order chi connectivity index (χ0) is 18.7. The second-order valence-corrected chi connectivity index (χ2v) is 5.46. The molecule has 0 N–H and O–H groups in total. The maximum atomic E-state index is 12.7. The van der Waals surface area contributed by atoms with Gasteiger partial charge in [-0.2, -0.15) is 9.78 Å². The number of hydrogen-bond donors (Lipinski definition) is 0. The van der Waals surface area contributed by atoms with Gasteiger partial charge < -0.3 is 14.2 Å². The molecule has 0 saturated heterocycles. The molecule has 1 aromatic heterocycles. The molecule has 0 fully saturated rings. The van der Waals surface area contributed by atoms with E-state index in [0.717, 1.165) is 0 Å². The van der Waals surface area contributed by atoms with Crippen LogP contribution in [0.1, 0.15) is 11.4 Å². The zero-order valence-electron chi connectivity index (χ0n) is 15.0.